The highest BCUT2D eigenvalue weighted by Gasteiger charge is 2.13. The number of aromatic nitrogens is 2. The monoisotopic (exact) mass is 433 g/mol. The molecular weight excluding hydrogens is 413 g/mol. The third-order valence-electron chi connectivity index (χ3n) is 4.36. The molecule has 152 valence electrons. The van der Waals surface area contributed by atoms with Gasteiger partial charge in [-0.15, -0.1) is 0 Å². The molecule has 0 atom stereocenters. The quantitative estimate of drug-likeness (QED) is 0.557. The number of methoxy groups -OCH3 is 1. The van der Waals surface area contributed by atoms with Gasteiger partial charge in [-0.2, -0.15) is 5.10 Å². The molecule has 8 heteroatoms. The summed E-state index contributed by atoms with van der Waals surface area (Å²) in [6, 6.07) is 12.3. The van der Waals surface area contributed by atoms with E-state index in [9.17, 15) is 4.79 Å². The van der Waals surface area contributed by atoms with Gasteiger partial charge in [0.15, 0.2) is 0 Å². The lowest BCUT2D eigenvalue weighted by Gasteiger charge is -2.13. The van der Waals surface area contributed by atoms with Gasteiger partial charge in [0.1, 0.15) is 18.1 Å². The average Bonchev–Trinajstić information content (AvgIpc) is 3.10. The van der Waals surface area contributed by atoms with Gasteiger partial charge >= 0.3 is 0 Å². The molecule has 1 heterocycles. The van der Waals surface area contributed by atoms with Crippen LogP contribution in [0.1, 0.15) is 28.5 Å². The van der Waals surface area contributed by atoms with E-state index in [-0.39, 0.29) is 19.1 Å². The van der Waals surface area contributed by atoms with Gasteiger partial charge in [-0.25, -0.2) is 0 Å². The summed E-state index contributed by atoms with van der Waals surface area (Å²) in [5.41, 5.74) is 2.02. The number of ether oxygens (including phenoxy) is 2. The highest BCUT2D eigenvalue weighted by molar-refractivity contribution is 6.31. The molecule has 0 bridgehead atoms. The van der Waals surface area contributed by atoms with Crippen LogP contribution in [0, 0.1) is 0 Å². The zero-order valence-corrected chi connectivity index (χ0v) is 17.6. The molecule has 0 aliphatic heterocycles. The Bertz CT molecular complexity index is 987. The van der Waals surface area contributed by atoms with E-state index in [0.717, 1.165) is 11.3 Å². The van der Waals surface area contributed by atoms with Crippen LogP contribution < -0.4 is 14.8 Å². The van der Waals surface area contributed by atoms with E-state index < -0.39 is 0 Å². The molecule has 0 saturated carbocycles. The molecule has 0 spiro atoms. The first kappa shape index (κ1) is 21.0. The number of carbonyl (C=O) groups is 1. The lowest BCUT2D eigenvalue weighted by Crippen LogP contribution is -2.24. The summed E-state index contributed by atoms with van der Waals surface area (Å²) in [5.74, 6) is 1.09. The largest absolute Gasteiger partial charge is 0.496 e. The lowest BCUT2D eigenvalue weighted by molar-refractivity contribution is 0.0949. The Labute approximate surface area is 179 Å². The molecule has 0 saturated heterocycles. The second-order valence-electron chi connectivity index (χ2n) is 6.21. The zero-order valence-electron chi connectivity index (χ0n) is 16.1. The van der Waals surface area contributed by atoms with Crippen LogP contribution in [0.4, 0.5) is 0 Å². The molecule has 3 aromatic rings. The van der Waals surface area contributed by atoms with Gasteiger partial charge in [0.05, 0.1) is 30.6 Å². The van der Waals surface area contributed by atoms with Crippen LogP contribution in [0.15, 0.2) is 48.7 Å². The number of nitrogens with zero attached hydrogens (tertiary/aromatic N) is 2. The predicted molar refractivity (Wildman–Crippen MR) is 113 cm³/mol. The third kappa shape index (κ3) is 5.22. The summed E-state index contributed by atoms with van der Waals surface area (Å²) < 4.78 is 12.9. The molecule has 1 N–H and O–H groups in total. The Kier molecular flexibility index (Phi) is 7.01. The van der Waals surface area contributed by atoms with Crippen molar-refractivity contribution in [3.05, 3.63) is 75.5 Å². The number of hydrogen-bond donors (Lipinski definition) is 1. The smallest absolute Gasteiger partial charge is 0.251 e. The van der Waals surface area contributed by atoms with Crippen LogP contribution in [-0.4, -0.2) is 22.8 Å². The van der Waals surface area contributed by atoms with Crippen molar-refractivity contribution in [2.75, 3.05) is 7.11 Å². The molecule has 0 unspecified atom stereocenters. The number of carbonyl (C=O) groups excluding carboxylic acids is 1. The fourth-order valence-corrected chi connectivity index (χ4v) is 3.16. The first-order chi connectivity index (χ1) is 14.0. The number of aryl methyl sites for hydroxylation is 1. The van der Waals surface area contributed by atoms with Crippen LogP contribution in [0.2, 0.25) is 10.0 Å². The van der Waals surface area contributed by atoms with Crippen molar-refractivity contribution in [1.29, 1.82) is 0 Å². The molecule has 0 aliphatic rings. The maximum atomic E-state index is 12.6. The summed E-state index contributed by atoms with van der Waals surface area (Å²) in [6.45, 7) is 3.17. The molecule has 3 rings (SSSR count). The number of halogens is 2. The second-order valence-corrected chi connectivity index (χ2v) is 7.05. The highest BCUT2D eigenvalue weighted by atomic mass is 35.5. The van der Waals surface area contributed by atoms with Gasteiger partial charge in [-0.1, -0.05) is 23.2 Å². The minimum Gasteiger partial charge on any atom is -0.496 e. The standard InChI is InChI=1S/C21H21Cl2N3O3/c1-3-26-19(18(23)11-25-26)12-24-21(27)14-4-9-20(28-2)15(10-14)13-29-17-7-5-16(22)6-8-17/h4-11H,3,12-13H2,1-2H3,(H,24,27). The Morgan fingerprint density at radius 2 is 1.93 bits per heavy atom. The minimum atomic E-state index is -0.222. The third-order valence-corrected chi connectivity index (χ3v) is 4.93. The van der Waals surface area contributed by atoms with Gasteiger partial charge in [-0.05, 0) is 49.4 Å². The van der Waals surface area contributed by atoms with E-state index in [1.54, 1.807) is 60.5 Å². The lowest BCUT2D eigenvalue weighted by atomic mass is 10.1. The molecule has 0 aliphatic carbocycles. The van der Waals surface area contributed by atoms with Gasteiger partial charge in [0, 0.05) is 22.7 Å². The number of rotatable bonds is 8. The first-order valence-electron chi connectivity index (χ1n) is 9.05. The summed E-state index contributed by atoms with van der Waals surface area (Å²) in [7, 11) is 1.58. The van der Waals surface area contributed by atoms with Crippen molar-refractivity contribution >= 4 is 29.1 Å². The van der Waals surface area contributed by atoms with Crippen LogP contribution in [0.5, 0.6) is 11.5 Å². The van der Waals surface area contributed by atoms with Gasteiger partial charge in [-0.3, -0.25) is 9.48 Å². The van der Waals surface area contributed by atoms with E-state index in [1.165, 1.54) is 0 Å². The Balaban J connectivity index is 1.70. The summed E-state index contributed by atoms with van der Waals surface area (Å²) in [4.78, 5) is 12.6. The first-order valence-corrected chi connectivity index (χ1v) is 9.81. The molecule has 6 nitrogen and oxygen atoms in total. The molecular formula is C21H21Cl2N3O3. The van der Waals surface area contributed by atoms with Crippen LogP contribution in [-0.2, 0) is 19.7 Å². The highest BCUT2D eigenvalue weighted by Crippen LogP contribution is 2.23. The molecule has 0 fully saturated rings. The predicted octanol–water partition coefficient (Wildman–Crippen LogP) is 4.73. The topological polar surface area (TPSA) is 65.4 Å². The Morgan fingerprint density at radius 1 is 1.17 bits per heavy atom. The summed E-state index contributed by atoms with van der Waals surface area (Å²) in [5, 5.41) is 8.22. The van der Waals surface area contributed by atoms with E-state index in [0.29, 0.717) is 33.7 Å². The van der Waals surface area contributed by atoms with Crippen LogP contribution in [0.25, 0.3) is 0 Å². The molecule has 1 amide bonds. The fourth-order valence-electron chi connectivity index (χ4n) is 2.83. The van der Waals surface area contributed by atoms with Crippen LogP contribution in [0.3, 0.4) is 0 Å². The van der Waals surface area contributed by atoms with Gasteiger partial charge < -0.3 is 14.8 Å². The number of benzene rings is 2. The molecule has 1 aromatic heterocycles. The fraction of sp³-hybridized carbons (Fsp3) is 0.238. The zero-order chi connectivity index (χ0) is 20.8. The van der Waals surface area contributed by atoms with Crippen molar-refractivity contribution in [2.24, 2.45) is 0 Å². The SMILES string of the molecule is CCn1ncc(Cl)c1CNC(=O)c1ccc(OC)c(COc2ccc(Cl)cc2)c1. The summed E-state index contributed by atoms with van der Waals surface area (Å²) in [6.07, 6.45) is 1.58. The molecule has 29 heavy (non-hydrogen) atoms. The maximum absolute atomic E-state index is 12.6. The molecule has 0 radical (unpaired) electrons. The number of amides is 1. The van der Waals surface area contributed by atoms with E-state index >= 15 is 0 Å². The van der Waals surface area contributed by atoms with Crippen molar-refractivity contribution in [1.82, 2.24) is 15.1 Å². The van der Waals surface area contributed by atoms with E-state index in [2.05, 4.69) is 10.4 Å². The molecule has 2 aromatic carbocycles. The van der Waals surface area contributed by atoms with Gasteiger partial charge in [0.25, 0.3) is 5.91 Å². The van der Waals surface area contributed by atoms with E-state index in [1.807, 2.05) is 6.92 Å². The maximum Gasteiger partial charge on any atom is 0.251 e. The second kappa shape index (κ2) is 9.67. The summed E-state index contributed by atoms with van der Waals surface area (Å²) >= 11 is 12.0. The minimum absolute atomic E-state index is 0.222. The van der Waals surface area contributed by atoms with Crippen molar-refractivity contribution in [3.63, 3.8) is 0 Å². The van der Waals surface area contributed by atoms with E-state index in [4.69, 9.17) is 32.7 Å². The van der Waals surface area contributed by atoms with Crippen molar-refractivity contribution < 1.29 is 14.3 Å². The Hall–Kier alpha value is -2.70. The normalized spacial score (nSPS) is 10.6. The number of hydrogen-bond acceptors (Lipinski definition) is 4. The Morgan fingerprint density at radius 3 is 2.62 bits per heavy atom. The van der Waals surface area contributed by atoms with Crippen molar-refractivity contribution in [3.8, 4) is 11.5 Å². The number of nitrogens with one attached hydrogen (secondary N) is 1. The van der Waals surface area contributed by atoms with Gasteiger partial charge in [0.2, 0.25) is 0 Å². The average molecular weight is 434 g/mol. The van der Waals surface area contributed by atoms with Crippen LogP contribution >= 0.6 is 23.2 Å². The van der Waals surface area contributed by atoms with Crippen molar-refractivity contribution in [2.45, 2.75) is 26.6 Å².